The molecule has 2 aromatic heterocycles. The number of carbonyl (C=O) groups excluding carboxylic acids is 1. The summed E-state index contributed by atoms with van der Waals surface area (Å²) in [5.74, 6) is -0.282. The van der Waals surface area contributed by atoms with E-state index in [-0.39, 0.29) is 5.91 Å². The van der Waals surface area contributed by atoms with Crippen LogP contribution in [0, 0.1) is 6.92 Å². The summed E-state index contributed by atoms with van der Waals surface area (Å²) in [6.45, 7) is 2.86. The monoisotopic (exact) mass is 368 g/mol. The first-order valence-corrected chi connectivity index (χ1v) is 9.09. The van der Waals surface area contributed by atoms with Crippen molar-refractivity contribution in [3.05, 3.63) is 102 Å². The lowest BCUT2D eigenvalue weighted by Gasteiger charge is -2.08. The van der Waals surface area contributed by atoms with Crippen molar-refractivity contribution in [1.82, 2.24) is 15.0 Å². The van der Waals surface area contributed by atoms with E-state index in [0.29, 0.717) is 5.56 Å². The number of hydrogen-bond acceptors (Lipinski definition) is 3. The molecule has 2 aromatic carbocycles. The molecule has 4 rings (SSSR count). The molecule has 0 aliphatic carbocycles. The lowest BCUT2D eigenvalue weighted by Crippen LogP contribution is -2.17. The Kier molecular flexibility index (Phi) is 4.97. The lowest BCUT2D eigenvalue weighted by molar-refractivity contribution is 0.0955. The summed E-state index contributed by atoms with van der Waals surface area (Å²) < 4.78 is 2.27. The van der Waals surface area contributed by atoms with Crippen molar-refractivity contribution in [2.45, 2.75) is 13.5 Å². The predicted octanol–water partition coefficient (Wildman–Crippen LogP) is 4.16. The lowest BCUT2D eigenvalue weighted by atomic mass is 10.1. The molecule has 0 saturated carbocycles. The van der Waals surface area contributed by atoms with Crippen LogP contribution in [0.4, 0.5) is 0 Å². The molecule has 0 unspecified atom stereocenters. The van der Waals surface area contributed by atoms with E-state index in [1.807, 2.05) is 30.3 Å². The summed E-state index contributed by atoms with van der Waals surface area (Å²) in [4.78, 5) is 16.1. The van der Waals surface area contributed by atoms with Gasteiger partial charge in [-0.15, -0.1) is 0 Å². The molecule has 0 atom stereocenters. The molecule has 138 valence electrons. The fraction of sp³-hybridized carbons (Fsp3) is 0.0870. The number of benzene rings is 2. The van der Waals surface area contributed by atoms with Crippen molar-refractivity contribution in [3.63, 3.8) is 0 Å². The van der Waals surface area contributed by atoms with Crippen LogP contribution in [0.3, 0.4) is 0 Å². The Labute approximate surface area is 163 Å². The van der Waals surface area contributed by atoms with Crippen LogP contribution in [0.1, 0.15) is 27.2 Å². The van der Waals surface area contributed by atoms with Gasteiger partial charge >= 0.3 is 0 Å². The summed E-state index contributed by atoms with van der Waals surface area (Å²) >= 11 is 0. The third kappa shape index (κ3) is 3.55. The number of para-hydroxylation sites is 1. The van der Waals surface area contributed by atoms with Gasteiger partial charge in [-0.1, -0.05) is 48.5 Å². The molecule has 0 radical (unpaired) electrons. The maximum Gasteiger partial charge on any atom is 0.272 e. The Morgan fingerprint density at radius 2 is 1.86 bits per heavy atom. The van der Waals surface area contributed by atoms with Crippen LogP contribution in [-0.4, -0.2) is 21.7 Å². The van der Waals surface area contributed by atoms with Crippen molar-refractivity contribution in [2.24, 2.45) is 5.10 Å². The van der Waals surface area contributed by atoms with E-state index in [4.69, 9.17) is 0 Å². The smallest absolute Gasteiger partial charge is 0.272 e. The molecule has 5 nitrogen and oxygen atoms in total. The number of hydrogen-bond donors (Lipinski definition) is 1. The zero-order chi connectivity index (χ0) is 19.3. The van der Waals surface area contributed by atoms with Crippen LogP contribution in [0.25, 0.3) is 10.9 Å². The second-order valence-electron chi connectivity index (χ2n) is 6.53. The summed E-state index contributed by atoms with van der Waals surface area (Å²) in [5, 5.41) is 5.29. The van der Waals surface area contributed by atoms with E-state index in [2.05, 4.69) is 51.3 Å². The summed E-state index contributed by atoms with van der Waals surface area (Å²) in [7, 11) is 0. The van der Waals surface area contributed by atoms with Crippen LogP contribution >= 0.6 is 0 Å². The summed E-state index contributed by atoms with van der Waals surface area (Å²) in [6.07, 6.45) is 4.86. The van der Waals surface area contributed by atoms with E-state index in [1.54, 1.807) is 24.5 Å². The SMILES string of the molecule is Cc1c(/C=N/NC(=O)c2cccnc2)c2ccccc2n1Cc1ccccc1. The summed E-state index contributed by atoms with van der Waals surface area (Å²) in [5.41, 5.74) is 7.53. The Morgan fingerprint density at radius 1 is 1.07 bits per heavy atom. The van der Waals surface area contributed by atoms with Gasteiger partial charge in [0.25, 0.3) is 5.91 Å². The minimum atomic E-state index is -0.282. The van der Waals surface area contributed by atoms with Crippen LogP contribution in [-0.2, 0) is 6.54 Å². The Bertz CT molecular complexity index is 1130. The zero-order valence-corrected chi connectivity index (χ0v) is 15.5. The van der Waals surface area contributed by atoms with Gasteiger partial charge in [0.1, 0.15) is 0 Å². The molecule has 0 spiro atoms. The first kappa shape index (κ1) is 17.7. The van der Waals surface area contributed by atoms with E-state index >= 15 is 0 Å². The number of nitrogens with one attached hydrogen (secondary N) is 1. The van der Waals surface area contributed by atoms with Crippen LogP contribution in [0.5, 0.6) is 0 Å². The molecule has 2 heterocycles. The number of aromatic nitrogens is 2. The first-order chi connectivity index (χ1) is 13.7. The highest BCUT2D eigenvalue weighted by atomic mass is 16.2. The van der Waals surface area contributed by atoms with E-state index < -0.39 is 0 Å². The second-order valence-corrected chi connectivity index (χ2v) is 6.53. The first-order valence-electron chi connectivity index (χ1n) is 9.09. The van der Waals surface area contributed by atoms with E-state index in [1.165, 1.54) is 11.8 Å². The number of amides is 1. The van der Waals surface area contributed by atoms with Crippen molar-refractivity contribution in [3.8, 4) is 0 Å². The van der Waals surface area contributed by atoms with E-state index in [0.717, 1.165) is 28.7 Å². The second kappa shape index (κ2) is 7.88. The van der Waals surface area contributed by atoms with Gasteiger partial charge in [0.15, 0.2) is 0 Å². The standard InChI is InChI=1S/C23H20N4O/c1-17-21(15-25-26-23(28)19-10-7-13-24-14-19)20-11-5-6-12-22(20)27(17)16-18-8-3-2-4-9-18/h2-15H,16H2,1H3,(H,26,28)/b25-15+. The van der Waals surface area contributed by atoms with Gasteiger partial charge in [-0.3, -0.25) is 9.78 Å². The van der Waals surface area contributed by atoms with Crippen LogP contribution in [0.2, 0.25) is 0 Å². The maximum atomic E-state index is 12.2. The molecule has 0 fully saturated rings. The largest absolute Gasteiger partial charge is 0.340 e. The van der Waals surface area contributed by atoms with Gasteiger partial charge in [-0.25, -0.2) is 5.43 Å². The highest BCUT2D eigenvalue weighted by molar-refractivity contribution is 6.02. The van der Waals surface area contributed by atoms with Gasteiger partial charge in [-0.05, 0) is 30.7 Å². The minimum absolute atomic E-state index is 0.282. The van der Waals surface area contributed by atoms with Gasteiger partial charge in [0.2, 0.25) is 0 Å². The van der Waals surface area contributed by atoms with Gasteiger partial charge < -0.3 is 4.57 Å². The fourth-order valence-electron chi connectivity index (χ4n) is 3.31. The Balaban J connectivity index is 1.64. The Hall–Kier alpha value is -3.73. The number of pyridine rings is 1. The molecule has 1 amide bonds. The summed E-state index contributed by atoms with van der Waals surface area (Å²) in [6, 6.07) is 22.0. The third-order valence-electron chi connectivity index (χ3n) is 4.75. The van der Waals surface area contributed by atoms with Crippen LogP contribution < -0.4 is 5.43 Å². The molecule has 5 heteroatoms. The van der Waals surface area contributed by atoms with Crippen molar-refractivity contribution >= 4 is 23.0 Å². The molecule has 28 heavy (non-hydrogen) atoms. The molecule has 1 N–H and O–H groups in total. The highest BCUT2D eigenvalue weighted by Crippen LogP contribution is 2.25. The average Bonchev–Trinajstić information content (AvgIpc) is 3.01. The van der Waals surface area contributed by atoms with Gasteiger partial charge in [0.05, 0.1) is 11.8 Å². The average molecular weight is 368 g/mol. The number of hydrazone groups is 1. The fourth-order valence-corrected chi connectivity index (χ4v) is 3.31. The molecule has 4 aromatic rings. The molecule has 0 bridgehead atoms. The zero-order valence-electron chi connectivity index (χ0n) is 15.5. The predicted molar refractivity (Wildman–Crippen MR) is 112 cm³/mol. The molecule has 0 aliphatic heterocycles. The van der Waals surface area contributed by atoms with Crippen molar-refractivity contribution in [2.75, 3.05) is 0 Å². The van der Waals surface area contributed by atoms with Gasteiger partial charge in [0, 0.05) is 41.1 Å². The number of nitrogens with zero attached hydrogens (tertiary/aromatic N) is 3. The number of fused-ring (bicyclic) bond motifs is 1. The number of rotatable bonds is 5. The topological polar surface area (TPSA) is 59.3 Å². The van der Waals surface area contributed by atoms with Crippen molar-refractivity contribution < 1.29 is 4.79 Å². The minimum Gasteiger partial charge on any atom is -0.340 e. The van der Waals surface area contributed by atoms with E-state index in [9.17, 15) is 4.79 Å². The van der Waals surface area contributed by atoms with Gasteiger partial charge in [-0.2, -0.15) is 5.10 Å². The number of carbonyl (C=O) groups is 1. The van der Waals surface area contributed by atoms with Crippen molar-refractivity contribution in [1.29, 1.82) is 0 Å². The third-order valence-corrected chi connectivity index (χ3v) is 4.75. The molecule has 0 saturated heterocycles. The maximum absolute atomic E-state index is 12.2. The quantitative estimate of drug-likeness (QED) is 0.425. The molecular weight excluding hydrogens is 348 g/mol. The highest BCUT2D eigenvalue weighted by Gasteiger charge is 2.13. The van der Waals surface area contributed by atoms with Crippen LogP contribution in [0.15, 0.2) is 84.2 Å². The Morgan fingerprint density at radius 3 is 2.64 bits per heavy atom. The molecule has 0 aliphatic rings. The molecular formula is C23H20N4O. The normalized spacial score (nSPS) is 11.2.